The minimum Gasteiger partial charge on any atom is -0.0533 e. The molecule has 0 aromatic carbocycles. The maximum atomic E-state index is 1.62. The number of fused-ring (bicyclic) bond motifs is 2. The SMILES string of the molecule is C1CCC2CCC3CCCCC3CC2CC1. The average molecular weight is 220 g/mol. The fourth-order valence-electron chi connectivity index (χ4n) is 4.94. The first kappa shape index (κ1) is 11.1. The van der Waals surface area contributed by atoms with E-state index < -0.39 is 0 Å². The molecule has 0 radical (unpaired) electrons. The number of hydrogen-bond donors (Lipinski definition) is 0. The minimum atomic E-state index is 1.13. The van der Waals surface area contributed by atoms with Gasteiger partial charge in [0.15, 0.2) is 0 Å². The van der Waals surface area contributed by atoms with Crippen LogP contribution in [0.1, 0.15) is 77.0 Å². The lowest BCUT2D eigenvalue weighted by Crippen LogP contribution is -2.20. The van der Waals surface area contributed by atoms with Crippen molar-refractivity contribution in [3.63, 3.8) is 0 Å². The molecule has 16 heavy (non-hydrogen) atoms. The summed E-state index contributed by atoms with van der Waals surface area (Å²) < 4.78 is 0. The Morgan fingerprint density at radius 2 is 0.812 bits per heavy atom. The quantitative estimate of drug-likeness (QED) is 0.528. The van der Waals surface area contributed by atoms with Gasteiger partial charge in [0.05, 0.1) is 0 Å². The van der Waals surface area contributed by atoms with E-state index in [0.717, 1.165) is 23.7 Å². The molecule has 0 nitrogen and oxygen atoms in total. The molecule has 0 aromatic rings. The van der Waals surface area contributed by atoms with E-state index in [9.17, 15) is 0 Å². The molecule has 0 spiro atoms. The van der Waals surface area contributed by atoms with Gasteiger partial charge in [-0.3, -0.25) is 0 Å². The van der Waals surface area contributed by atoms with Crippen LogP contribution in [0.5, 0.6) is 0 Å². The van der Waals surface area contributed by atoms with E-state index in [1.807, 2.05) is 0 Å². The zero-order valence-corrected chi connectivity index (χ0v) is 10.8. The molecule has 92 valence electrons. The zero-order chi connectivity index (χ0) is 10.8. The van der Waals surface area contributed by atoms with Crippen molar-refractivity contribution < 1.29 is 0 Å². The maximum absolute atomic E-state index is 1.62. The highest BCUT2D eigenvalue weighted by Gasteiger charge is 2.34. The van der Waals surface area contributed by atoms with Crippen molar-refractivity contribution in [1.82, 2.24) is 0 Å². The van der Waals surface area contributed by atoms with Gasteiger partial charge in [0, 0.05) is 0 Å². The van der Waals surface area contributed by atoms with Crippen LogP contribution < -0.4 is 0 Å². The summed E-state index contributed by atoms with van der Waals surface area (Å²) in [7, 11) is 0. The van der Waals surface area contributed by atoms with Crippen molar-refractivity contribution in [2.45, 2.75) is 77.0 Å². The van der Waals surface area contributed by atoms with Crippen LogP contribution in [-0.4, -0.2) is 0 Å². The Morgan fingerprint density at radius 3 is 1.38 bits per heavy atom. The molecule has 0 heterocycles. The predicted molar refractivity (Wildman–Crippen MR) is 69.4 cm³/mol. The molecule has 0 bridgehead atoms. The normalized spacial score (nSPS) is 45.0. The van der Waals surface area contributed by atoms with E-state index in [1.165, 1.54) is 19.3 Å². The van der Waals surface area contributed by atoms with Gasteiger partial charge in [0.25, 0.3) is 0 Å². The van der Waals surface area contributed by atoms with Crippen molar-refractivity contribution in [3.8, 4) is 0 Å². The molecule has 0 N–H and O–H groups in total. The lowest BCUT2D eigenvalue weighted by Gasteiger charge is -2.31. The molecular formula is C16H28. The van der Waals surface area contributed by atoms with Crippen LogP contribution >= 0.6 is 0 Å². The average Bonchev–Trinajstić information content (AvgIpc) is 2.61. The lowest BCUT2D eigenvalue weighted by molar-refractivity contribution is 0.200. The standard InChI is InChI=1S/C16H28/c1-2-6-13-10-11-14-7-4-5-9-16(14)12-15(13)8-3-1/h13-16H,1-12H2. The van der Waals surface area contributed by atoms with Crippen LogP contribution in [0.25, 0.3) is 0 Å². The van der Waals surface area contributed by atoms with E-state index in [-0.39, 0.29) is 0 Å². The fourth-order valence-corrected chi connectivity index (χ4v) is 4.94. The molecule has 3 fully saturated rings. The summed E-state index contributed by atoms with van der Waals surface area (Å²) in [5.74, 6) is 4.55. The molecule has 3 aliphatic rings. The summed E-state index contributed by atoms with van der Waals surface area (Å²) in [6.07, 6.45) is 18.8. The molecule has 0 heteroatoms. The van der Waals surface area contributed by atoms with Gasteiger partial charge >= 0.3 is 0 Å². The monoisotopic (exact) mass is 220 g/mol. The van der Waals surface area contributed by atoms with Gasteiger partial charge in [-0.15, -0.1) is 0 Å². The molecule has 4 unspecified atom stereocenters. The fraction of sp³-hybridized carbons (Fsp3) is 1.00. The van der Waals surface area contributed by atoms with Crippen molar-refractivity contribution in [2.24, 2.45) is 23.7 Å². The second-order valence-electron chi connectivity index (χ2n) is 6.78. The first-order valence-corrected chi connectivity index (χ1v) is 7.93. The van der Waals surface area contributed by atoms with Crippen molar-refractivity contribution in [1.29, 1.82) is 0 Å². The van der Waals surface area contributed by atoms with Gasteiger partial charge in [0.1, 0.15) is 0 Å². The Hall–Kier alpha value is 0. The molecular weight excluding hydrogens is 192 g/mol. The highest BCUT2D eigenvalue weighted by molar-refractivity contribution is 4.86. The van der Waals surface area contributed by atoms with E-state index in [0.29, 0.717) is 0 Å². The third-order valence-corrected chi connectivity index (χ3v) is 5.90. The molecule has 3 aliphatic carbocycles. The summed E-state index contributed by atoms with van der Waals surface area (Å²) in [6.45, 7) is 0. The van der Waals surface area contributed by atoms with E-state index in [1.54, 1.807) is 57.8 Å². The highest BCUT2D eigenvalue weighted by atomic mass is 14.4. The van der Waals surface area contributed by atoms with Gasteiger partial charge in [-0.2, -0.15) is 0 Å². The van der Waals surface area contributed by atoms with Crippen LogP contribution in [0.3, 0.4) is 0 Å². The Bertz CT molecular complexity index is 220. The van der Waals surface area contributed by atoms with Gasteiger partial charge in [0.2, 0.25) is 0 Å². The van der Waals surface area contributed by atoms with Gasteiger partial charge < -0.3 is 0 Å². The van der Waals surface area contributed by atoms with Crippen LogP contribution in [0, 0.1) is 23.7 Å². The molecule has 4 atom stereocenters. The smallest absolute Gasteiger partial charge is 0.0383 e. The maximum Gasteiger partial charge on any atom is -0.0383 e. The Kier molecular flexibility index (Phi) is 3.54. The Morgan fingerprint density at radius 1 is 0.375 bits per heavy atom. The van der Waals surface area contributed by atoms with Gasteiger partial charge in [-0.25, -0.2) is 0 Å². The first-order valence-electron chi connectivity index (χ1n) is 7.93. The van der Waals surface area contributed by atoms with E-state index in [4.69, 9.17) is 0 Å². The third-order valence-electron chi connectivity index (χ3n) is 5.90. The van der Waals surface area contributed by atoms with Crippen LogP contribution in [-0.2, 0) is 0 Å². The van der Waals surface area contributed by atoms with Crippen LogP contribution in [0.2, 0.25) is 0 Å². The van der Waals surface area contributed by atoms with Crippen LogP contribution in [0.4, 0.5) is 0 Å². The minimum absolute atomic E-state index is 1.13. The van der Waals surface area contributed by atoms with Crippen molar-refractivity contribution >= 4 is 0 Å². The highest BCUT2D eigenvalue weighted by Crippen LogP contribution is 2.46. The molecule has 0 saturated heterocycles. The van der Waals surface area contributed by atoms with E-state index >= 15 is 0 Å². The van der Waals surface area contributed by atoms with Crippen molar-refractivity contribution in [2.75, 3.05) is 0 Å². The largest absolute Gasteiger partial charge is 0.0533 e. The molecule has 3 rings (SSSR count). The summed E-state index contributed by atoms with van der Waals surface area (Å²) in [5.41, 5.74) is 0. The second-order valence-corrected chi connectivity index (χ2v) is 6.78. The molecule has 0 aromatic heterocycles. The number of rotatable bonds is 0. The first-order chi connectivity index (χ1) is 7.93. The van der Waals surface area contributed by atoms with Crippen molar-refractivity contribution in [3.05, 3.63) is 0 Å². The summed E-state index contributed by atoms with van der Waals surface area (Å²) in [6, 6.07) is 0. The van der Waals surface area contributed by atoms with Gasteiger partial charge in [-0.05, 0) is 42.9 Å². The third kappa shape index (κ3) is 2.31. The topological polar surface area (TPSA) is 0 Å². The van der Waals surface area contributed by atoms with Gasteiger partial charge in [-0.1, -0.05) is 57.8 Å². The summed E-state index contributed by atoms with van der Waals surface area (Å²) in [5, 5.41) is 0. The Labute approximate surface area is 101 Å². The molecule has 0 aliphatic heterocycles. The Balaban J connectivity index is 1.69. The lowest BCUT2D eigenvalue weighted by atomic mass is 9.74. The summed E-state index contributed by atoms with van der Waals surface area (Å²) >= 11 is 0. The van der Waals surface area contributed by atoms with E-state index in [2.05, 4.69) is 0 Å². The van der Waals surface area contributed by atoms with Crippen LogP contribution in [0.15, 0.2) is 0 Å². The zero-order valence-electron chi connectivity index (χ0n) is 10.8. The summed E-state index contributed by atoms with van der Waals surface area (Å²) in [4.78, 5) is 0. The second kappa shape index (κ2) is 5.10. The molecule has 3 saturated carbocycles. The predicted octanol–water partition coefficient (Wildman–Crippen LogP) is 5.17. The molecule has 0 amide bonds. The number of hydrogen-bond acceptors (Lipinski definition) is 0.